The van der Waals surface area contributed by atoms with Gasteiger partial charge >= 0.3 is 0 Å². The van der Waals surface area contributed by atoms with Crippen LogP contribution < -0.4 is 4.74 Å². The SMILES string of the molecule is CN1CCC2c3c(Cl)nc(SCCCOc4ccccc4)nc3SC2C1. The Hall–Kier alpha value is -0.950. The Morgan fingerprint density at radius 2 is 2.15 bits per heavy atom. The van der Waals surface area contributed by atoms with E-state index in [0.717, 1.165) is 47.6 Å². The van der Waals surface area contributed by atoms with E-state index in [9.17, 15) is 0 Å². The number of likely N-dealkylation sites (tertiary alicyclic amines) is 1. The van der Waals surface area contributed by atoms with Gasteiger partial charge in [0, 0.05) is 29.0 Å². The highest BCUT2D eigenvalue weighted by Crippen LogP contribution is 2.50. The molecular weight excluding hydrogens is 386 g/mol. The number of para-hydroxylation sites is 1. The van der Waals surface area contributed by atoms with E-state index in [1.165, 1.54) is 5.56 Å². The van der Waals surface area contributed by atoms with Gasteiger partial charge in [0.2, 0.25) is 0 Å². The molecule has 2 unspecified atom stereocenters. The maximum Gasteiger partial charge on any atom is 0.190 e. The van der Waals surface area contributed by atoms with Crippen LogP contribution in [0, 0.1) is 0 Å². The maximum absolute atomic E-state index is 6.54. The van der Waals surface area contributed by atoms with Crippen molar-refractivity contribution in [2.45, 2.75) is 34.2 Å². The average molecular weight is 408 g/mol. The van der Waals surface area contributed by atoms with Gasteiger partial charge in [-0.2, -0.15) is 0 Å². The summed E-state index contributed by atoms with van der Waals surface area (Å²) in [7, 11) is 2.19. The van der Waals surface area contributed by atoms with Gasteiger partial charge in [-0.25, -0.2) is 9.97 Å². The summed E-state index contributed by atoms with van der Waals surface area (Å²) in [6.07, 6.45) is 2.09. The van der Waals surface area contributed by atoms with Crippen LogP contribution in [0.25, 0.3) is 0 Å². The molecule has 0 N–H and O–H groups in total. The van der Waals surface area contributed by atoms with Crippen LogP contribution in [-0.4, -0.2) is 52.6 Å². The molecular formula is C19H22ClN3OS2. The van der Waals surface area contributed by atoms with E-state index in [-0.39, 0.29) is 0 Å². The van der Waals surface area contributed by atoms with E-state index in [0.29, 0.717) is 22.9 Å². The first-order valence-corrected chi connectivity index (χ1v) is 11.2. The van der Waals surface area contributed by atoms with Crippen molar-refractivity contribution >= 4 is 35.1 Å². The van der Waals surface area contributed by atoms with Gasteiger partial charge < -0.3 is 9.64 Å². The zero-order valence-electron chi connectivity index (χ0n) is 14.7. The van der Waals surface area contributed by atoms with Crippen LogP contribution in [0.1, 0.15) is 24.3 Å². The van der Waals surface area contributed by atoms with Crippen molar-refractivity contribution in [1.82, 2.24) is 14.9 Å². The number of halogens is 1. The lowest BCUT2D eigenvalue weighted by atomic mass is 9.91. The van der Waals surface area contributed by atoms with E-state index in [1.807, 2.05) is 42.1 Å². The van der Waals surface area contributed by atoms with Crippen molar-refractivity contribution in [1.29, 1.82) is 0 Å². The minimum atomic E-state index is 0.511. The number of nitrogens with zero attached hydrogens (tertiary/aromatic N) is 3. The van der Waals surface area contributed by atoms with E-state index < -0.39 is 0 Å². The third-order valence-electron chi connectivity index (χ3n) is 4.77. The molecule has 26 heavy (non-hydrogen) atoms. The lowest BCUT2D eigenvalue weighted by Crippen LogP contribution is -2.36. The molecule has 2 atom stereocenters. The first-order valence-electron chi connectivity index (χ1n) is 8.94. The minimum absolute atomic E-state index is 0.511. The van der Waals surface area contributed by atoms with E-state index >= 15 is 0 Å². The van der Waals surface area contributed by atoms with E-state index in [2.05, 4.69) is 16.9 Å². The molecule has 1 aromatic carbocycles. The molecule has 2 aliphatic rings. The number of aromatic nitrogens is 2. The first-order chi connectivity index (χ1) is 12.7. The Morgan fingerprint density at radius 3 is 3.00 bits per heavy atom. The Kier molecular flexibility index (Phi) is 5.93. The summed E-state index contributed by atoms with van der Waals surface area (Å²) in [5.41, 5.74) is 1.19. The molecule has 0 amide bonds. The van der Waals surface area contributed by atoms with Gasteiger partial charge in [-0.05, 0) is 38.6 Å². The highest BCUT2D eigenvalue weighted by Gasteiger charge is 2.40. The third-order valence-corrected chi connectivity index (χ3v) is 7.31. The lowest BCUT2D eigenvalue weighted by molar-refractivity contribution is 0.264. The van der Waals surface area contributed by atoms with Gasteiger partial charge in [0.15, 0.2) is 5.16 Å². The summed E-state index contributed by atoms with van der Waals surface area (Å²) < 4.78 is 5.73. The predicted octanol–water partition coefficient (Wildman–Crippen LogP) is 4.58. The number of piperidine rings is 1. The van der Waals surface area contributed by atoms with Gasteiger partial charge in [-0.1, -0.05) is 41.6 Å². The molecule has 0 aliphatic carbocycles. The number of benzene rings is 1. The first kappa shape index (κ1) is 18.4. The molecule has 1 aromatic heterocycles. The Bertz CT molecular complexity index is 762. The Labute approximate surface area is 168 Å². The van der Waals surface area contributed by atoms with Crippen molar-refractivity contribution in [2.75, 3.05) is 32.5 Å². The molecule has 1 saturated heterocycles. The molecule has 2 aromatic rings. The fourth-order valence-electron chi connectivity index (χ4n) is 3.46. The molecule has 4 rings (SSSR count). The zero-order valence-corrected chi connectivity index (χ0v) is 17.1. The second kappa shape index (κ2) is 8.38. The van der Waals surface area contributed by atoms with Gasteiger partial charge in [0.25, 0.3) is 0 Å². The Morgan fingerprint density at radius 1 is 1.31 bits per heavy atom. The predicted molar refractivity (Wildman–Crippen MR) is 109 cm³/mol. The van der Waals surface area contributed by atoms with Gasteiger partial charge in [0.1, 0.15) is 15.9 Å². The molecule has 0 spiro atoms. The minimum Gasteiger partial charge on any atom is -0.494 e. The molecule has 138 valence electrons. The van der Waals surface area contributed by atoms with Crippen molar-refractivity contribution in [3.8, 4) is 5.75 Å². The van der Waals surface area contributed by atoms with Gasteiger partial charge in [0.05, 0.1) is 6.61 Å². The fourth-order valence-corrected chi connectivity index (χ4v) is 6.26. The van der Waals surface area contributed by atoms with E-state index in [1.54, 1.807) is 11.8 Å². The number of thioether (sulfide) groups is 2. The summed E-state index contributed by atoms with van der Waals surface area (Å²) >= 11 is 10.1. The largest absolute Gasteiger partial charge is 0.494 e. The van der Waals surface area contributed by atoms with Crippen LogP contribution >= 0.6 is 35.1 Å². The molecule has 3 heterocycles. The number of ether oxygens (including phenoxy) is 1. The quantitative estimate of drug-likeness (QED) is 0.302. The summed E-state index contributed by atoms with van der Waals surface area (Å²) in [6, 6.07) is 9.91. The van der Waals surface area contributed by atoms with Crippen molar-refractivity contribution in [3.05, 3.63) is 41.0 Å². The normalized spacial score (nSPS) is 22.1. The number of hydrogen-bond acceptors (Lipinski definition) is 6. The van der Waals surface area contributed by atoms with Crippen LogP contribution in [0.2, 0.25) is 5.15 Å². The number of hydrogen-bond donors (Lipinski definition) is 0. The molecule has 4 nitrogen and oxygen atoms in total. The van der Waals surface area contributed by atoms with Crippen LogP contribution in [0.4, 0.5) is 0 Å². The van der Waals surface area contributed by atoms with Gasteiger partial charge in [-0.3, -0.25) is 0 Å². The lowest BCUT2D eigenvalue weighted by Gasteiger charge is -2.31. The second-order valence-electron chi connectivity index (χ2n) is 6.69. The monoisotopic (exact) mass is 407 g/mol. The number of fused-ring (bicyclic) bond motifs is 3. The molecule has 1 fully saturated rings. The smallest absolute Gasteiger partial charge is 0.190 e. The molecule has 0 bridgehead atoms. The molecule has 7 heteroatoms. The van der Waals surface area contributed by atoms with Crippen LogP contribution in [0.3, 0.4) is 0 Å². The van der Waals surface area contributed by atoms with Crippen molar-refractivity contribution in [2.24, 2.45) is 0 Å². The highest BCUT2D eigenvalue weighted by molar-refractivity contribution is 8.00. The van der Waals surface area contributed by atoms with Crippen molar-refractivity contribution in [3.63, 3.8) is 0 Å². The highest BCUT2D eigenvalue weighted by atomic mass is 35.5. The summed E-state index contributed by atoms with van der Waals surface area (Å²) in [5.74, 6) is 2.35. The van der Waals surface area contributed by atoms with Crippen LogP contribution in [0.15, 0.2) is 40.5 Å². The molecule has 0 saturated carbocycles. The summed E-state index contributed by atoms with van der Waals surface area (Å²) in [5, 5.41) is 3.10. The maximum atomic E-state index is 6.54. The third kappa shape index (κ3) is 4.14. The van der Waals surface area contributed by atoms with Crippen LogP contribution in [-0.2, 0) is 0 Å². The number of rotatable bonds is 6. The standard InChI is InChI=1S/C19H22ClN3OS2/c1-23-9-8-14-15(12-23)26-18-16(14)17(20)21-19(22-18)25-11-5-10-24-13-6-3-2-4-7-13/h2-4,6-7,14-15H,5,8-12H2,1H3. The fraction of sp³-hybridized carbons (Fsp3) is 0.474. The van der Waals surface area contributed by atoms with Gasteiger partial charge in [-0.15, -0.1) is 11.8 Å². The topological polar surface area (TPSA) is 38.2 Å². The zero-order chi connectivity index (χ0) is 17.9. The molecule has 2 aliphatic heterocycles. The summed E-state index contributed by atoms with van der Waals surface area (Å²) in [6.45, 7) is 2.91. The van der Waals surface area contributed by atoms with E-state index in [4.69, 9.17) is 21.3 Å². The summed E-state index contributed by atoms with van der Waals surface area (Å²) in [4.78, 5) is 11.7. The molecule has 0 radical (unpaired) electrons. The Balaban J connectivity index is 1.32. The second-order valence-corrected chi connectivity index (χ2v) is 9.34. The average Bonchev–Trinajstić information content (AvgIpc) is 3.00. The van der Waals surface area contributed by atoms with Crippen LogP contribution in [0.5, 0.6) is 5.75 Å². The van der Waals surface area contributed by atoms with Crippen molar-refractivity contribution < 1.29 is 4.74 Å².